The molecule has 180 valence electrons. The van der Waals surface area contributed by atoms with Gasteiger partial charge in [0.15, 0.2) is 0 Å². The number of amides is 3. The summed E-state index contributed by atoms with van der Waals surface area (Å²) in [5, 5.41) is 12.0. The molecule has 11 heteroatoms. The van der Waals surface area contributed by atoms with Gasteiger partial charge in [-0.1, -0.05) is 11.3 Å². The normalized spacial score (nSPS) is 19.9. The molecule has 2 fully saturated rings. The minimum absolute atomic E-state index is 0.0783. The summed E-state index contributed by atoms with van der Waals surface area (Å²) in [6, 6.07) is 12.9. The van der Waals surface area contributed by atoms with Crippen LogP contribution in [0.5, 0.6) is 5.75 Å². The molecule has 3 aromatic rings. The van der Waals surface area contributed by atoms with Crippen molar-refractivity contribution in [2.24, 2.45) is 5.92 Å². The van der Waals surface area contributed by atoms with E-state index in [2.05, 4.69) is 15.5 Å². The number of halogens is 1. The van der Waals surface area contributed by atoms with Crippen LogP contribution in [0.4, 0.5) is 20.9 Å². The first-order valence-electron chi connectivity index (χ1n) is 11.1. The van der Waals surface area contributed by atoms with E-state index in [1.165, 1.54) is 23.5 Å². The Kier molecular flexibility index (Phi) is 6.16. The lowest BCUT2D eigenvalue weighted by atomic mass is 10.1. The third-order valence-corrected chi connectivity index (χ3v) is 7.16. The van der Waals surface area contributed by atoms with Crippen LogP contribution in [0.25, 0.3) is 0 Å². The molecule has 2 unspecified atom stereocenters. The molecule has 35 heavy (non-hydrogen) atoms. The Balaban J connectivity index is 1.20. The van der Waals surface area contributed by atoms with Crippen LogP contribution in [0, 0.1) is 11.7 Å². The maximum absolute atomic E-state index is 13.2. The summed E-state index contributed by atoms with van der Waals surface area (Å²) >= 11 is 1.22. The van der Waals surface area contributed by atoms with E-state index in [1.54, 1.807) is 53.3 Å². The van der Waals surface area contributed by atoms with Crippen molar-refractivity contribution in [2.45, 2.75) is 18.8 Å². The van der Waals surface area contributed by atoms with Gasteiger partial charge in [-0.2, -0.15) is 0 Å². The van der Waals surface area contributed by atoms with Crippen LogP contribution >= 0.6 is 11.3 Å². The highest BCUT2D eigenvalue weighted by molar-refractivity contribution is 7.15. The van der Waals surface area contributed by atoms with Gasteiger partial charge in [0.1, 0.15) is 16.6 Å². The first-order valence-corrected chi connectivity index (χ1v) is 11.9. The number of nitrogens with zero attached hydrogens (tertiary/aromatic N) is 4. The standard InChI is InChI=1S/C24H22FN5O4S/c1-34-19-8-6-18(7-9-19)29-12-14(10-20(29)31)22(33)26-24-28-27-23(35-24)15-11-21(32)30(13-15)17-4-2-16(25)3-5-17/h2-9,14-15H,10-13H2,1H3,(H,26,28,33). The third-order valence-electron chi connectivity index (χ3n) is 6.16. The van der Waals surface area contributed by atoms with Crippen LogP contribution in [-0.4, -0.2) is 48.1 Å². The fraction of sp³-hybridized carbons (Fsp3) is 0.292. The highest BCUT2D eigenvalue weighted by atomic mass is 32.1. The number of nitrogens with one attached hydrogen (secondary N) is 1. The van der Waals surface area contributed by atoms with E-state index in [0.29, 0.717) is 33.8 Å². The molecular formula is C24H22FN5O4S. The van der Waals surface area contributed by atoms with Crippen molar-refractivity contribution in [1.29, 1.82) is 0 Å². The number of carbonyl (C=O) groups is 3. The maximum Gasteiger partial charge on any atom is 0.231 e. The zero-order valence-electron chi connectivity index (χ0n) is 18.8. The van der Waals surface area contributed by atoms with Crippen molar-refractivity contribution in [3.8, 4) is 5.75 Å². The van der Waals surface area contributed by atoms with E-state index >= 15 is 0 Å². The van der Waals surface area contributed by atoms with Crippen molar-refractivity contribution in [2.75, 3.05) is 35.3 Å². The minimum Gasteiger partial charge on any atom is -0.497 e. The Hall–Kier alpha value is -3.86. The molecule has 1 aromatic heterocycles. The predicted molar refractivity (Wildman–Crippen MR) is 128 cm³/mol. The van der Waals surface area contributed by atoms with Gasteiger partial charge < -0.3 is 19.9 Å². The molecule has 3 heterocycles. The Bertz CT molecular complexity index is 1260. The van der Waals surface area contributed by atoms with E-state index < -0.39 is 5.92 Å². The van der Waals surface area contributed by atoms with Crippen LogP contribution < -0.4 is 19.9 Å². The highest BCUT2D eigenvalue weighted by Crippen LogP contribution is 2.35. The average molecular weight is 496 g/mol. The quantitative estimate of drug-likeness (QED) is 0.563. The second kappa shape index (κ2) is 9.41. The molecule has 2 atom stereocenters. The Morgan fingerprint density at radius 3 is 2.29 bits per heavy atom. The van der Waals surface area contributed by atoms with Crippen molar-refractivity contribution < 1.29 is 23.5 Å². The molecule has 0 radical (unpaired) electrons. The highest BCUT2D eigenvalue weighted by Gasteiger charge is 2.37. The molecule has 9 nitrogen and oxygen atoms in total. The lowest BCUT2D eigenvalue weighted by Gasteiger charge is -2.16. The number of hydrogen-bond acceptors (Lipinski definition) is 7. The van der Waals surface area contributed by atoms with Gasteiger partial charge in [-0.25, -0.2) is 4.39 Å². The molecule has 2 saturated heterocycles. The van der Waals surface area contributed by atoms with Crippen LogP contribution in [0.2, 0.25) is 0 Å². The van der Waals surface area contributed by atoms with Crippen LogP contribution in [0.1, 0.15) is 23.8 Å². The van der Waals surface area contributed by atoms with Crippen LogP contribution in [0.15, 0.2) is 48.5 Å². The SMILES string of the molecule is COc1ccc(N2CC(C(=O)Nc3nnc(C4CC(=O)N(c5ccc(F)cc5)C4)s3)CC2=O)cc1. The van der Waals surface area contributed by atoms with Gasteiger partial charge in [-0.15, -0.1) is 10.2 Å². The third kappa shape index (κ3) is 4.72. The number of rotatable bonds is 6. The van der Waals surface area contributed by atoms with Crippen LogP contribution in [-0.2, 0) is 14.4 Å². The van der Waals surface area contributed by atoms with Crippen molar-refractivity contribution in [3.63, 3.8) is 0 Å². The summed E-state index contributed by atoms with van der Waals surface area (Å²) in [5.74, 6) is -0.867. The van der Waals surface area contributed by atoms with E-state index in [0.717, 1.165) is 0 Å². The van der Waals surface area contributed by atoms with Crippen LogP contribution in [0.3, 0.4) is 0 Å². The van der Waals surface area contributed by atoms with E-state index in [1.807, 2.05) is 0 Å². The number of hydrogen-bond donors (Lipinski definition) is 1. The van der Waals surface area contributed by atoms with Crippen molar-refractivity contribution in [3.05, 3.63) is 59.4 Å². The number of benzene rings is 2. The molecule has 0 aliphatic carbocycles. The van der Waals surface area contributed by atoms with Gasteiger partial charge in [0, 0.05) is 43.2 Å². The molecule has 2 aromatic carbocycles. The first kappa shape index (κ1) is 22.9. The second-order valence-corrected chi connectivity index (χ2v) is 9.43. The second-order valence-electron chi connectivity index (χ2n) is 8.42. The van der Waals surface area contributed by atoms with E-state index in [4.69, 9.17) is 4.74 Å². The fourth-order valence-electron chi connectivity index (χ4n) is 4.30. The number of carbonyl (C=O) groups excluding carboxylic acids is 3. The zero-order chi connectivity index (χ0) is 24.5. The van der Waals surface area contributed by atoms with Gasteiger partial charge in [0.2, 0.25) is 22.9 Å². The summed E-state index contributed by atoms with van der Waals surface area (Å²) in [4.78, 5) is 41.0. The maximum atomic E-state index is 13.2. The summed E-state index contributed by atoms with van der Waals surface area (Å²) in [6.45, 7) is 0.674. The predicted octanol–water partition coefficient (Wildman–Crippen LogP) is 3.20. The number of anilines is 3. The molecule has 2 aliphatic heterocycles. The van der Waals surface area contributed by atoms with Gasteiger partial charge in [0.05, 0.1) is 13.0 Å². The van der Waals surface area contributed by atoms with Crippen molar-refractivity contribution >= 4 is 45.6 Å². The molecule has 5 rings (SSSR count). The van der Waals surface area contributed by atoms with Gasteiger partial charge in [-0.05, 0) is 48.5 Å². The molecule has 3 amide bonds. The summed E-state index contributed by atoms with van der Waals surface area (Å²) in [5.41, 5.74) is 1.34. The lowest BCUT2D eigenvalue weighted by Crippen LogP contribution is -2.28. The Morgan fingerprint density at radius 2 is 1.60 bits per heavy atom. The summed E-state index contributed by atoms with van der Waals surface area (Å²) in [7, 11) is 1.57. The zero-order valence-corrected chi connectivity index (χ0v) is 19.6. The largest absolute Gasteiger partial charge is 0.497 e. The summed E-state index contributed by atoms with van der Waals surface area (Å²) < 4.78 is 18.4. The van der Waals surface area contributed by atoms with E-state index in [-0.39, 0.29) is 48.8 Å². The number of ether oxygens (including phenoxy) is 1. The molecule has 0 saturated carbocycles. The molecule has 1 N–H and O–H groups in total. The molecule has 2 aliphatic rings. The van der Waals surface area contributed by atoms with Gasteiger partial charge >= 0.3 is 0 Å². The fourth-order valence-corrected chi connectivity index (χ4v) is 5.13. The monoisotopic (exact) mass is 495 g/mol. The summed E-state index contributed by atoms with van der Waals surface area (Å²) in [6.07, 6.45) is 0.362. The topological polar surface area (TPSA) is 105 Å². The lowest BCUT2D eigenvalue weighted by molar-refractivity contribution is -0.122. The molecular weight excluding hydrogens is 473 g/mol. The molecule has 0 spiro atoms. The van der Waals surface area contributed by atoms with E-state index in [9.17, 15) is 18.8 Å². The minimum atomic E-state index is -0.515. The Morgan fingerprint density at radius 1 is 0.971 bits per heavy atom. The molecule has 0 bridgehead atoms. The smallest absolute Gasteiger partial charge is 0.231 e. The number of methoxy groups -OCH3 is 1. The average Bonchev–Trinajstić information content (AvgIpc) is 3.58. The Labute approximate surface area is 204 Å². The first-order chi connectivity index (χ1) is 16.9. The van der Waals surface area contributed by atoms with Gasteiger partial charge in [-0.3, -0.25) is 14.4 Å². The number of aromatic nitrogens is 2. The van der Waals surface area contributed by atoms with Crippen molar-refractivity contribution in [1.82, 2.24) is 10.2 Å². The van der Waals surface area contributed by atoms with Gasteiger partial charge in [0.25, 0.3) is 0 Å².